The zero-order chi connectivity index (χ0) is 14.4. The van der Waals surface area contributed by atoms with Crippen molar-refractivity contribution >= 4 is 12.4 Å². The number of hydrogen-bond donors (Lipinski definition) is 1. The van der Waals surface area contributed by atoms with Crippen molar-refractivity contribution in [2.45, 2.75) is 12.5 Å². The highest BCUT2D eigenvalue weighted by molar-refractivity contribution is 5.85. The summed E-state index contributed by atoms with van der Waals surface area (Å²) in [5.74, 6) is 1.50. The second kappa shape index (κ2) is 9.07. The molecule has 120 valence electrons. The molecule has 0 radical (unpaired) electrons. The van der Waals surface area contributed by atoms with Crippen molar-refractivity contribution in [3.8, 4) is 11.5 Å². The third kappa shape index (κ3) is 4.73. The van der Waals surface area contributed by atoms with E-state index in [0.29, 0.717) is 6.42 Å². The summed E-state index contributed by atoms with van der Waals surface area (Å²) in [6.45, 7) is 3.44. The van der Waals surface area contributed by atoms with E-state index >= 15 is 0 Å². The standard InChI is InChI=1S/C15H23FN2O2.ClH/c1-19-13-9-12(10-14(11-13)20-2)15(3-4-16)18-7-5-17-6-8-18;/h9-11,15,17H,3-8H2,1-2H3;1H/t15-;/m0./s1. The topological polar surface area (TPSA) is 33.7 Å². The summed E-state index contributed by atoms with van der Waals surface area (Å²) in [7, 11) is 3.26. The minimum absolute atomic E-state index is 0. The number of alkyl halides is 1. The van der Waals surface area contributed by atoms with Crippen LogP contribution in [0.1, 0.15) is 18.0 Å². The Morgan fingerprint density at radius 3 is 2.19 bits per heavy atom. The molecule has 6 heteroatoms. The SMILES string of the molecule is COc1cc(OC)cc([C@H](CCF)N2CCNCC2)c1.Cl. The summed E-state index contributed by atoms with van der Waals surface area (Å²) >= 11 is 0. The predicted molar refractivity (Wildman–Crippen MR) is 84.6 cm³/mol. The zero-order valence-electron chi connectivity index (χ0n) is 12.6. The number of nitrogens with zero attached hydrogens (tertiary/aromatic N) is 1. The first-order valence-corrected chi connectivity index (χ1v) is 7.02. The van der Waals surface area contributed by atoms with Crippen molar-refractivity contribution in [3.05, 3.63) is 23.8 Å². The molecule has 1 aliphatic rings. The number of piperazine rings is 1. The fourth-order valence-electron chi connectivity index (χ4n) is 2.68. The van der Waals surface area contributed by atoms with Gasteiger partial charge in [0.25, 0.3) is 0 Å². The molecule has 0 saturated carbocycles. The summed E-state index contributed by atoms with van der Waals surface area (Å²) in [6, 6.07) is 5.87. The lowest BCUT2D eigenvalue weighted by atomic mass is 10.0. The molecule has 1 atom stereocenters. The lowest BCUT2D eigenvalue weighted by molar-refractivity contribution is 0.157. The molecule has 2 rings (SSSR count). The molecule has 0 amide bonds. The Morgan fingerprint density at radius 1 is 1.14 bits per heavy atom. The van der Waals surface area contributed by atoms with E-state index in [1.807, 2.05) is 18.2 Å². The summed E-state index contributed by atoms with van der Waals surface area (Å²) in [5, 5.41) is 3.32. The third-order valence-electron chi connectivity index (χ3n) is 3.73. The molecule has 1 aromatic carbocycles. The van der Waals surface area contributed by atoms with Gasteiger partial charge in [-0.15, -0.1) is 12.4 Å². The van der Waals surface area contributed by atoms with E-state index in [4.69, 9.17) is 9.47 Å². The van der Waals surface area contributed by atoms with Crippen molar-refractivity contribution in [3.63, 3.8) is 0 Å². The number of methoxy groups -OCH3 is 2. The number of hydrogen-bond acceptors (Lipinski definition) is 4. The molecule has 0 unspecified atom stereocenters. The van der Waals surface area contributed by atoms with Gasteiger partial charge in [-0.25, -0.2) is 0 Å². The molecular formula is C15H24ClFN2O2. The first-order chi connectivity index (χ1) is 9.78. The summed E-state index contributed by atoms with van der Waals surface area (Å²) < 4.78 is 23.6. The average molecular weight is 319 g/mol. The Labute approximate surface area is 132 Å². The maximum Gasteiger partial charge on any atom is 0.122 e. The normalized spacial score (nSPS) is 16.9. The van der Waals surface area contributed by atoms with Crippen LogP contribution in [0.5, 0.6) is 11.5 Å². The number of halogens is 2. The van der Waals surface area contributed by atoms with Gasteiger partial charge in [0.15, 0.2) is 0 Å². The van der Waals surface area contributed by atoms with E-state index in [1.54, 1.807) is 14.2 Å². The van der Waals surface area contributed by atoms with Crippen molar-refractivity contribution in [1.29, 1.82) is 0 Å². The molecule has 1 aromatic rings. The highest BCUT2D eigenvalue weighted by Crippen LogP contribution is 2.31. The van der Waals surface area contributed by atoms with E-state index < -0.39 is 0 Å². The molecule has 4 nitrogen and oxygen atoms in total. The monoisotopic (exact) mass is 318 g/mol. The van der Waals surface area contributed by atoms with E-state index in [0.717, 1.165) is 43.2 Å². The van der Waals surface area contributed by atoms with Crippen LogP contribution in [0.15, 0.2) is 18.2 Å². The zero-order valence-corrected chi connectivity index (χ0v) is 13.4. The minimum atomic E-state index is -0.325. The fourth-order valence-corrected chi connectivity index (χ4v) is 2.68. The van der Waals surface area contributed by atoms with Crippen LogP contribution in [0, 0.1) is 0 Å². The van der Waals surface area contributed by atoms with Crippen molar-refractivity contribution in [1.82, 2.24) is 10.2 Å². The summed E-state index contributed by atoms with van der Waals surface area (Å²) in [6.07, 6.45) is 0.496. The van der Waals surface area contributed by atoms with Gasteiger partial charge in [-0.1, -0.05) is 0 Å². The van der Waals surface area contributed by atoms with Crippen LogP contribution in [-0.2, 0) is 0 Å². The Hall–Kier alpha value is -1.04. The Balaban J connectivity index is 0.00000220. The van der Waals surface area contributed by atoms with Crippen LogP contribution in [-0.4, -0.2) is 52.0 Å². The number of benzene rings is 1. The highest BCUT2D eigenvalue weighted by Gasteiger charge is 2.23. The van der Waals surface area contributed by atoms with Gasteiger partial charge in [0.1, 0.15) is 11.5 Å². The van der Waals surface area contributed by atoms with Gasteiger partial charge >= 0.3 is 0 Å². The molecular weight excluding hydrogens is 295 g/mol. The van der Waals surface area contributed by atoms with Gasteiger partial charge in [0.2, 0.25) is 0 Å². The Bertz CT molecular complexity index is 406. The molecule has 0 spiro atoms. The third-order valence-corrected chi connectivity index (χ3v) is 3.73. The van der Waals surface area contributed by atoms with Crippen LogP contribution >= 0.6 is 12.4 Å². The molecule has 0 aliphatic carbocycles. The second-order valence-corrected chi connectivity index (χ2v) is 4.93. The van der Waals surface area contributed by atoms with Gasteiger partial charge in [-0.2, -0.15) is 0 Å². The molecule has 1 saturated heterocycles. The van der Waals surface area contributed by atoms with Gasteiger partial charge in [-0.05, 0) is 24.1 Å². The highest BCUT2D eigenvalue weighted by atomic mass is 35.5. The lowest BCUT2D eigenvalue weighted by Gasteiger charge is -2.35. The van der Waals surface area contributed by atoms with Gasteiger partial charge in [0.05, 0.1) is 20.9 Å². The van der Waals surface area contributed by atoms with Crippen molar-refractivity contribution in [2.75, 3.05) is 47.1 Å². The Morgan fingerprint density at radius 2 is 1.71 bits per heavy atom. The first kappa shape index (κ1) is 18.0. The Kier molecular flexibility index (Phi) is 7.78. The van der Waals surface area contributed by atoms with Crippen LogP contribution in [0.25, 0.3) is 0 Å². The fraction of sp³-hybridized carbons (Fsp3) is 0.600. The number of rotatable bonds is 6. The summed E-state index contributed by atoms with van der Waals surface area (Å²) in [5.41, 5.74) is 1.06. The maximum atomic E-state index is 12.9. The molecule has 1 aliphatic heterocycles. The predicted octanol–water partition coefficient (Wildman–Crippen LogP) is 2.43. The van der Waals surface area contributed by atoms with E-state index in [1.165, 1.54) is 0 Å². The van der Waals surface area contributed by atoms with E-state index in [-0.39, 0.29) is 25.1 Å². The first-order valence-electron chi connectivity index (χ1n) is 7.02. The number of ether oxygens (including phenoxy) is 2. The smallest absolute Gasteiger partial charge is 0.122 e. The van der Waals surface area contributed by atoms with Crippen LogP contribution in [0.4, 0.5) is 4.39 Å². The van der Waals surface area contributed by atoms with Crippen LogP contribution in [0.3, 0.4) is 0 Å². The number of nitrogens with one attached hydrogen (secondary N) is 1. The van der Waals surface area contributed by atoms with Crippen molar-refractivity contribution in [2.24, 2.45) is 0 Å². The summed E-state index contributed by atoms with van der Waals surface area (Å²) in [4.78, 5) is 2.32. The maximum absolute atomic E-state index is 12.9. The molecule has 1 heterocycles. The molecule has 0 bridgehead atoms. The van der Waals surface area contributed by atoms with Crippen LogP contribution in [0.2, 0.25) is 0 Å². The second-order valence-electron chi connectivity index (χ2n) is 4.93. The average Bonchev–Trinajstić information content (AvgIpc) is 2.52. The van der Waals surface area contributed by atoms with E-state index in [9.17, 15) is 4.39 Å². The molecule has 21 heavy (non-hydrogen) atoms. The largest absolute Gasteiger partial charge is 0.497 e. The van der Waals surface area contributed by atoms with Gasteiger partial charge in [0, 0.05) is 38.3 Å². The van der Waals surface area contributed by atoms with E-state index in [2.05, 4.69) is 10.2 Å². The molecule has 0 aromatic heterocycles. The lowest BCUT2D eigenvalue weighted by Crippen LogP contribution is -2.45. The van der Waals surface area contributed by atoms with Crippen LogP contribution < -0.4 is 14.8 Å². The van der Waals surface area contributed by atoms with Gasteiger partial charge < -0.3 is 14.8 Å². The minimum Gasteiger partial charge on any atom is -0.497 e. The van der Waals surface area contributed by atoms with Crippen molar-refractivity contribution < 1.29 is 13.9 Å². The van der Waals surface area contributed by atoms with Gasteiger partial charge in [-0.3, -0.25) is 9.29 Å². The quantitative estimate of drug-likeness (QED) is 0.873. The molecule has 1 N–H and O–H groups in total. The molecule has 1 fully saturated rings.